The quantitative estimate of drug-likeness (QED) is 0.389. The molecule has 1 N–H and O–H groups in total. The van der Waals surface area contributed by atoms with Gasteiger partial charge >= 0.3 is 5.97 Å². The van der Waals surface area contributed by atoms with Crippen LogP contribution < -0.4 is 10.2 Å². The number of amides is 3. The van der Waals surface area contributed by atoms with Crippen molar-refractivity contribution in [2.24, 2.45) is 11.8 Å². The summed E-state index contributed by atoms with van der Waals surface area (Å²) in [5, 5.41) is 1.73. The molecular weight excluding hydrogens is 474 g/mol. The molecule has 2 fully saturated rings. The lowest BCUT2D eigenvalue weighted by Gasteiger charge is -2.28. The van der Waals surface area contributed by atoms with E-state index < -0.39 is 36.1 Å². The summed E-state index contributed by atoms with van der Waals surface area (Å²) in [7, 11) is 0. The number of hydrogen-bond donors (Lipinski definition) is 1. The highest BCUT2D eigenvalue weighted by Crippen LogP contribution is 2.43. The Labute approximate surface area is 198 Å². The van der Waals surface area contributed by atoms with Crippen molar-refractivity contribution in [1.29, 1.82) is 0 Å². The highest BCUT2D eigenvalue weighted by Gasteiger charge is 2.52. The summed E-state index contributed by atoms with van der Waals surface area (Å²) in [5.74, 6) is -3.43. The van der Waals surface area contributed by atoms with E-state index in [9.17, 15) is 23.6 Å². The number of carbonyl (C=O) groups is 4. The van der Waals surface area contributed by atoms with Gasteiger partial charge in [-0.15, -0.1) is 23.2 Å². The molecule has 172 valence electrons. The maximum Gasteiger partial charge on any atom is 0.338 e. The molecule has 0 aromatic heterocycles. The van der Waals surface area contributed by atoms with Crippen molar-refractivity contribution in [3.05, 3.63) is 59.9 Å². The Morgan fingerprint density at radius 1 is 0.939 bits per heavy atom. The fourth-order valence-corrected chi connectivity index (χ4v) is 4.63. The molecule has 10 heteroatoms. The van der Waals surface area contributed by atoms with Crippen LogP contribution in [0.15, 0.2) is 48.5 Å². The van der Waals surface area contributed by atoms with E-state index in [0.29, 0.717) is 24.2 Å². The molecule has 0 spiro atoms. The van der Waals surface area contributed by atoms with Crippen molar-refractivity contribution in [2.75, 3.05) is 16.8 Å². The van der Waals surface area contributed by atoms with Crippen LogP contribution in [0.2, 0.25) is 0 Å². The zero-order chi connectivity index (χ0) is 23.7. The molecular formula is C23H19Cl2FN2O5. The molecule has 2 aromatic carbocycles. The molecule has 7 nitrogen and oxygen atoms in total. The molecule has 0 unspecified atom stereocenters. The molecule has 2 aromatic rings. The zero-order valence-corrected chi connectivity index (χ0v) is 18.7. The van der Waals surface area contributed by atoms with Gasteiger partial charge in [-0.25, -0.2) is 9.18 Å². The number of alkyl halides is 2. The first-order valence-electron chi connectivity index (χ1n) is 10.2. The van der Waals surface area contributed by atoms with E-state index in [1.807, 2.05) is 0 Å². The van der Waals surface area contributed by atoms with Crippen LogP contribution in [0.5, 0.6) is 0 Å². The van der Waals surface area contributed by atoms with Gasteiger partial charge in [-0.3, -0.25) is 19.3 Å². The number of rotatable bonds is 5. The summed E-state index contributed by atoms with van der Waals surface area (Å²) in [5.41, 5.74) is 0.844. The topological polar surface area (TPSA) is 92.8 Å². The second-order valence-corrected chi connectivity index (χ2v) is 9.03. The van der Waals surface area contributed by atoms with Crippen molar-refractivity contribution in [2.45, 2.75) is 23.6 Å². The highest BCUT2D eigenvalue weighted by molar-refractivity contribution is 6.31. The molecule has 1 saturated heterocycles. The van der Waals surface area contributed by atoms with Crippen molar-refractivity contribution < 1.29 is 28.3 Å². The van der Waals surface area contributed by atoms with Crippen molar-refractivity contribution in [1.82, 2.24) is 0 Å². The van der Waals surface area contributed by atoms with E-state index in [1.165, 1.54) is 48.5 Å². The number of nitrogens with zero attached hydrogens (tertiary/aromatic N) is 1. The lowest BCUT2D eigenvalue weighted by molar-refractivity contribution is -0.122. The van der Waals surface area contributed by atoms with Crippen LogP contribution in [-0.2, 0) is 19.1 Å². The Bertz CT molecular complexity index is 1070. The Morgan fingerprint density at radius 2 is 1.48 bits per heavy atom. The van der Waals surface area contributed by atoms with Crippen LogP contribution >= 0.6 is 23.2 Å². The number of nitrogens with one attached hydrogen (secondary N) is 1. The first-order valence-corrected chi connectivity index (χ1v) is 11.1. The molecule has 0 radical (unpaired) electrons. The summed E-state index contributed by atoms with van der Waals surface area (Å²) >= 11 is 12.4. The predicted molar refractivity (Wildman–Crippen MR) is 120 cm³/mol. The van der Waals surface area contributed by atoms with Gasteiger partial charge in [0, 0.05) is 5.69 Å². The summed E-state index contributed by atoms with van der Waals surface area (Å²) < 4.78 is 17.9. The van der Waals surface area contributed by atoms with Gasteiger partial charge in [-0.1, -0.05) is 0 Å². The Balaban J connectivity index is 1.36. The number of imide groups is 1. The van der Waals surface area contributed by atoms with E-state index in [4.69, 9.17) is 27.9 Å². The summed E-state index contributed by atoms with van der Waals surface area (Å²) in [4.78, 5) is 50.9. The van der Waals surface area contributed by atoms with E-state index in [0.717, 1.165) is 4.90 Å². The lowest BCUT2D eigenvalue weighted by Crippen LogP contribution is -2.34. The number of fused-ring (bicyclic) bond motifs is 1. The molecule has 2 aliphatic rings. The molecule has 1 heterocycles. The van der Waals surface area contributed by atoms with E-state index in [2.05, 4.69) is 5.32 Å². The second kappa shape index (κ2) is 9.49. The van der Waals surface area contributed by atoms with Gasteiger partial charge < -0.3 is 10.1 Å². The average Bonchev–Trinajstić information content (AvgIpc) is 3.03. The first kappa shape index (κ1) is 23.2. The highest BCUT2D eigenvalue weighted by atomic mass is 35.5. The van der Waals surface area contributed by atoms with Crippen LogP contribution in [0.3, 0.4) is 0 Å². The standard InChI is InChI=1S/C23H19Cl2FN2O5/c24-18-9-16-17(10-19(18)25)22(31)28(21(16)30)15-7-1-12(2-8-15)23(32)33-11-20(29)27-14-5-3-13(26)4-6-14/h1-8,16-19H,9-11H2,(H,27,29)/t16-,17-,18-,19+/m1/s1. The number of ether oxygens (including phenoxy) is 1. The number of benzene rings is 2. The maximum atomic E-state index is 12.9. The van der Waals surface area contributed by atoms with Crippen molar-refractivity contribution in [3.8, 4) is 0 Å². The third-order valence-corrected chi connectivity index (χ3v) is 6.83. The smallest absolute Gasteiger partial charge is 0.338 e. The number of anilines is 2. The van der Waals surface area contributed by atoms with Gasteiger partial charge in [-0.05, 0) is 61.4 Å². The molecule has 1 aliphatic carbocycles. The van der Waals surface area contributed by atoms with Crippen molar-refractivity contribution in [3.63, 3.8) is 0 Å². The SMILES string of the molecule is O=C(COC(=O)c1ccc(N2C(=O)[C@@H]3C[C@@H](Cl)[C@@H](Cl)C[C@H]3C2=O)cc1)Nc1ccc(F)cc1. The number of carbonyl (C=O) groups excluding carboxylic acids is 4. The minimum absolute atomic E-state index is 0.145. The fourth-order valence-electron chi connectivity index (χ4n) is 4.04. The van der Waals surface area contributed by atoms with Crippen LogP contribution in [-0.4, -0.2) is 41.1 Å². The molecule has 33 heavy (non-hydrogen) atoms. The normalized spacial score (nSPS) is 24.4. The van der Waals surface area contributed by atoms with Gasteiger partial charge in [0.2, 0.25) is 11.8 Å². The maximum absolute atomic E-state index is 12.9. The number of hydrogen-bond acceptors (Lipinski definition) is 5. The molecule has 4 atom stereocenters. The molecule has 4 rings (SSSR count). The van der Waals surface area contributed by atoms with Gasteiger partial charge in [0.1, 0.15) is 5.82 Å². The summed E-state index contributed by atoms with van der Waals surface area (Å²) in [6.07, 6.45) is 0.678. The molecule has 1 saturated carbocycles. The van der Waals surface area contributed by atoms with E-state index in [1.54, 1.807) is 0 Å². The summed E-state index contributed by atoms with van der Waals surface area (Å²) in [6, 6.07) is 10.9. The Hall–Kier alpha value is -2.97. The molecule has 0 bridgehead atoms. The predicted octanol–water partition coefficient (Wildman–Crippen LogP) is 3.74. The van der Waals surface area contributed by atoms with Crippen LogP contribution in [0.1, 0.15) is 23.2 Å². The average molecular weight is 493 g/mol. The van der Waals surface area contributed by atoms with E-state index in [-0.39, 0.29) is 28.1 Å². The minimum Gasteiger partial charge on any atom is -0.452 e. The monoisotopic (exact) mass is 492 g/mol. The summed E-state index contributed by atoms with van der Waals surface area (Å²) in [6.45, 7) is -0.538. The van der Waals surface area contributed by atoms with Gasteiger partial charge in [0.05, 0.1) is 33.8 Å². The van der Waals surface area contributed by atoms with Crippen LogP contribution in [0.25, 0.3) is 0 Å². The number of halogens is 3. The zero-order valence-electron chi connectivity index (χ0n) is 17.2. The van der Waals surface area contributed by atoms with Gasteiger partial charge in [0.15, 0.2) is 6.61 Å². The third kappa shape index (κ3) is 4.86. The molecule has 1 aliphatic heterocycles. The van der Waals surface area contributed by atoms with E-state index >= 15 is 0 Å². The fraction of sp³-hybridized carbons (Fsp3) is 0.304. The van der Waals surface area contributed by atoms with Crippen molar-refractivity contribution >= 4 is 58.3 Å². The molecule has 3 amide bonds. The Morgan fingerprint density at radius 3 is 2.03 bits per heavy atom. The van der Waals surface area contributed by atoms with Crippen LogP contribution in [0, 0.1) is 17.7 Å². The third-order valence-electron chi connectivity index (χ3n) is 5.74. The Kier molecular flexibility index (Phi) is 6.67. The van der Waals surface area contributed by atoms with Gasteiger partial charge in [-0.2, -0.15) is 0 Å². The minimum atomic E-state index is -0.751. The first-order chi connectivity index (χ1) is 15.7. The number of esters is 1. The second-order valence-electron chi connectivity index (χ2n) is 7.91. The largest absolute Gasteiger partial charge is 0.452 e. The lowest BCUT2D eigenvalue weighted by atomic mass is 9.80. The van der Waals surface area contributed by atoms with Crippen LogP contribution in [0.4, 0.5) is 15.8 Å². The van der Waals surface area contributed by atoms with Gasteiger partial charge in [0.25, 0.3) is 5.91 Å².